The van der Waals surface area contributed by atoms with Crippen molar-refractivity contribution in [1.29, 1.82) is 0 Å². The molecule has 3 rings (SSSR count). The second-order valence-corrected chi connectivity index (χ2v) is 5.43. The van der Waals surface area contributed by atoms with E-state index in [9.17, 15) is 4.79 Å². The van der Waals surface area contributed by atoms with Crippen molar-refractivity contribution < 1.29 is 9.90 Å². The number of para-hydroxylation sites is 1. The van der Waals surface area contributed by atoms with Gasteiger partial charge in [-0.3, -0.25) is 4.79 Å². The maximum Gasteiger partial charge on any atom is 0.244 e. The Hall–Kier alpha value is -3.18. The van der Waals surface area contributed by atoms with Gasteiger partial charge >= 0.3 is 0 Å². The summed E-state index contributed by atoms with van der Waals surface area (Å²) in [6.07, 6.45) is 5.09. The van der Waals surface area contributed by atoms with Crippen LogP contribution in [-0.2, 0) is 4.79 Å². The van der Waals surface area contributed by atoms with Crippen LogP contribution < -0.4 is 5.32 Å². The van der Waals surface area contributed by atoms with Crippen molar-refractivity contribution in [3.05, 3.63) is 78.5 Å². The highest BCUT2D eigenvalue weighted by Gasteiger charge is 2.10. The molecule has 5 nitrogen and oxygen atoms in total. The van der Waals surface area contributed by atoms with Crippen molar-refractivity contribution in [3.8, 4) is 16.9 Å². The molecule has 1 aromatic heterocycles. The fourth-order valence-electron chi connectivity index (χ4n) is 2.45. The molecule has 3 aromatic rings. The molecule has 0 unspecified atom stereocenters. The molecule has 0 aliphatic carbocycles. The lowest BCUT2D eigenvalue weighted by Crippen LogP contribution is -2.24. The Morgan fingerprint density at radius 3 is 2.44 bits per heavy atom. The summed E-state index contributed by atoms with van der Waals surface area (Å²) in [6, 6.07) is 19.7. The van der Waals surface area contributed by atoms with Gasteiger partial charge in [-0.1, -0.05) is 48.5 Å². The van der Waals surface area contributed by atoms with Gasteiger partial charge in [0.25, 0.3) is 0 Å². The third kappa shape index (κ3) is 4.22. The van der Waals surface area contributed by atoms with Gasteiger partial charge in [0.15, 0.2) is 0 Å². The second kappa shape index (κ2) is 8.08. The molecule has 0 bridgehead atoms. The van der Waals surface area contributed by atoms with Crippen molar-refractivity contribution >= 4 is 12.0 Å². The molecule has 0 aliphatic heterocycles. The number of benzene rings is 2. The van der Waals surface area contributed by atoms with Gasteiger partial charge in [0.05, 0.1) is 18.0 Å². The Labute approximate surface area is 146 Å². The van der Waals surface area contributed by atoms with E-state index in [4.69, 9.17) is 5.11 Å². The van der Waals surface area contributed by atoms with Crippen molar-refractivity contribution in [1.82, 2.24) is 15.1 Å². The normalized spacial score (nSPS) is 10.9. The van der Waals surface area contributed by atoms with Gasteiger partial charge in [0.2, 0.25) is 5.91 Å². The van der Waals surface area contributed by atoms with Gasteiger partial charge < -0.3 is 10.4 Å². The first kappa shape index (κ1) is 16.7. The minimum absolute atomic E-state index is 0.0826. The summed E-state index contributed by atoms with van der Waals surface area (Å²) in [5.41, 5.74) is 3.57. The Morgan fingerprint density at radius 1 is 1.08 bits per heavy atom. The number of amides is 1. The van der Waals surface area contributed by atoms with E-state index in [1.165, 1.54) is 6.08 Å². The van der Waals surface area contributed by atoms with Crippen molar-refractivity contribution in [2.75, 3.05) is 13.2 Å². The van der Waals surface area contributed by atoms with Crippen LogP contribution in [0.1, 0.15) is 5.56 Å². The number of rotatable bonds is 6. The van der Waals surface area contributed by atoms with Gasteiger partial charge in [0.1, 0.15) is 0 Å². The van der Waals surface area contributed by atoms with Crippen molar-refractivity contribution in [2.45, 2.75) is 0 Å². The summed E-state index contributed by atoms with van der Waals surface area (Å²) in [4.78, 5) is 11.8. The number of carbonyl (C=O) groups is 1. The van der Waals surface area contributed by atoms with Crippen LogP contribution in [0.3, 0.4) is 0 Å². The lowest BCUT2D eigenvalue weighted by atomic mass is 10.1. The number of aromatic nitrogens is 2. The molecular formula is C20H19N3O2. The van der Waals surface area contributed by atoms with Crippen LogP contribution in [0.25, 0.3) is 23.0 Å². The number of aliphatic hydroxyl groups is 1. The smallest absolute Gasteiger partial charge is 0.244 e. The second-order valence-electron chi connectivity index (χ2n) is 5.43. The zero-order valence-corrected chi connectivity index (χ0v) is 13.7. The fraction of sp³-hybridized carbons (Fsp3) is 0.100. The Bertz CT molecular complexity index is 855. The molecule has 25 heavy (non-hydrogen) atoms. The third-order valence-electron chi connectivity index (χ3n) is 3.64. The van der Waals surface area contributed by atoms with E-state index < -0.39 is 0 Å². The Morgan fingerprint density at radius 2 is 1.76 bits per heavy atom. The van der Waals surface area contributed by atoms with Crippen molar-refractivity contribution in [2.24, 2.45) is 0 Å². The Balaban J connectivity index is 1.96. The average Bonchev–Trinajstić information content (AvgIpc) is 3.10. The molecule has 126 valence electrons. The van der Waals surface area contributed by atoms with E-state index in [0.29, 0.717) is 0 Å². The lowest BCUT2D eigenvalue weighted by Gasteiger charge is -2.00. The zero-order valence-electron chi connectivity index (χ0n) is 13.7. The van der Waals surface area contributed by atoms with Crippen LogP contribution in [0.4, 0.5) is 0 Å². The van der Waals surface area contributed by atoms with E-state index in [1.54, 1.807) is 10.8 Å². The van der Waals surface area contributed by atoms with Crippen LogP contribution in [0.15, 0.2) is 72.9 Å². The van der Waals surface area contributed by atoms with Gasteiger partial charge in [-0.05, 0) is 18.2 Å². The molecule has 0 spiro atoms. The van der Waals surface area contributed by atoms with Crippen LogP contribution in [0.2, 0.25) is 0 Å². The van der Waals surface area contributed by atoms with Crippen LogP contribution >= 0.6 is 0 Å². The van der Waals surface area contributed by atoms with E-state index in [2.05, 4.69) is 10.4 Å². The molecule has 1 heterocycles. The summed E-state index contributed by atoms with van der Waals surface area (Å²) in [5.74, 6) is -0.250. The molecule has 0 saturated carbocycles. The minimum atomic E-state index is -0.250. The number of nitrogens with one attached hydrogen (secondary N) is 1. The zero-order chi connectivity index (χ0) is 17.5. The van der Waals surface area contributed by atoms with Crippen LogP contribution in [0, 0.1) is 0 Å². The van der Waals surface area contributed by atoms with Crippen LogP contribution in [-0.4, -0.2) is 33.9 Å². The molecule has 2 N–H and O–H groups in total. The number of hydrogen-bond acceptors (Lipinski definition) is 3. The predicted molar refractivity (Wildman–Crippen MR) is 98.1 cm³/mol. The van der Waals surface area contributed by atoms with Gasteiger partial charge in [-0.25, -0.2) is 4.68 Å². The summed E-state index contributed by atoms with van der Waals surface area (Å²) >= 11 is 0. The number of nitrogens with zero attached hydrogens (tertiary/aromatic N) is 2. The molecule has 0 aliphatic rings. The summed E-state index contributed by atoms with van der Waals surface area (Å²) < 4.78 is 1.80. The Kier molecular flexibility index (Phi) is 5.39. The van der Waals surface area contributed by atoms with Gasteiger partial charge in [-0.2, -0.15) is 5.10 Å². The maximum absolute atomic E-state index is 11.8. The van der Waals surface area contributed by atoms with E-state index in [0.717, 1.165) is 22.5 Å². The first-order chi connectivity index (χ1) is 12.3. The monoisotopic (exact) mass is 333 g/mol. The standard InChI is InChI=1S/C20H19N3O2/c24-14-13-21-19(25)12-11-17-15-23(18-9-5-2-6-10-18)22-20(17)16-7-3-1-4-8-16/h1-12,15,24H,13-14H2,(H,21,25)/b12-11+. The topological polar surface area (TPSA) is 67.2 Å². The number of hydrogen-bond donors (Lipinski definition) is 2. The summed E-state index contributed by atoms with van der Waals surface area (Å²) in [6.45, 7) is 0.152. The number of carbonyl (C=O) groups excluding carboxylic acids is 1. The molecular weight excluding hydrogens is 314 g/mol. The van der Waals surface area contributed by atoms with E-state index in [1.807, 2.05) is 66.9 Å². The quantitative estimate of drug-likeness (QED) is 0.682. The van der Waals surface area contributed by atoms with Gasteiger partial charge in [-0.15, -0.1) is 0 Å². The molecule has 1 amide bonds. The average molecular weight is 333 g/mol. The summed E-state index contributed by atoms with van der Waals surface area (Å²) in [5, 5.41) is 16.1. The molecule has 5 heteroatoms. The SMILES string of the molecule is O=C(/C=C/c1cn(-c2ccccc2)nc1-c1ccccc1)NCCO. The third-order valence-corrected chi connectivity index (χ3v) is 3.64. The lowest BCUT2D eigenvalue weighted by molar-refractivity contribution is -0.116. The van der Waals surface area contributed by atoms with Crippen molar-refractivity contribution in [3.63, 3.8) is 0 Å². The maximum atomic E-state index is 11.8. The molecule has 0 atom stereocenters. The predicted octanol–water partition coefficient (Wildman–Crippen LogP) is 2.66. The molecule has 2 aromatic carbocycles. The highest BCUT2D eigenvalue weighted by molar-refractivity contribution is 5.92. The number of aliphatic hydroxyl groups excluding tert-OH is 1. The molecule has 0 radical (unpaired) electrons. The van der Waals surface area contributed by atoms with Crippen LogP contribution in [0.5, 0.6) is 0 Å². The van der Waals surface area contributed by atoms with E-state index >= 15 is 0 Å². The molecule has 0 fully saturated rings. The summed E-state index contributed by atoms with van der Waals surface area (Å²) in [7, 11) is 0. The highest BCUT2D eigenvalue weighted by Crippen LogP contribution is 2.24. The first-order valence-corrected chi connectivity index (χ1v) is 8.05. The first-order valence-electron chi connectivity index (χ1n) is 8.05. The highest BCUT2D eigenvalue weighted by atomic mass is 16.3. The minimum Gasteiger partial charge on any atom is -0.395 e. The van der Waals surface area contributed by atoms with Gasteiger partial charge in [0, 0.05) is 29.9 Å². The molecule has 0 saturated heterocycles. The fourth-order valence-corrected chi connectivity index (χ4v) is 2.45. The largest absolute Gasteiger partial charge is 0.395 e. The van der Waals surface area contributed by atoms with E-state index in [-0.39, 0.29) is 19.1 Å².